The highest BCUT2D eigenvalue weighted by Gasteiger charge is 2.58. The Bertz CT molecular complexity index is 706. The summed E-state index contributed by atoms with van der Waals surface area (Å²) in [4.78, 5) is 28.8. The maximum Gasteiger partial charge on any atom is 0.309 e. The zero-order chi connectivity index (χ0) is 18.5. The summed E-state index contributed by atoms with van der Waals surface area (Å²) >= 11 is 0. The van der Waals surface area contributed by atoms with Gasteiger partial charge >= 0.3 is 5.97 Å². The second kappa shape index (κ2) is 6.36. The van der Waals surface area contributed by atoms with Crippen LogP contribution in [0, 0.1) is 29.1 Å². The van der Waals surface area contributed by atoms with Gasteiger partial charge in [0.05, 0.1) is 5.92 Å². The van der Waals surface area contributed by atoms with Crippen molar-refractivity contribution in [3.8, 4) is 0 Å². The van der Waals surface area contributed by atoms with Gasteiger partial charge in [-0.2, -0.15) is 0 Å². The fraction of sp³-hybridized carbons (Fsp3) is 0.667. The van der Waals surface area contributed by atoms with Crippen LogP contribution in [0.1, 0.15) is 56.8 Å². The third kappa shape index (κ3) is 2.72. The summed E-state index contributed by atoms with van der Waals surface area (Å²) in [5.74, 6) is 0.842. The van der Waals surface area contributed by atoms with Gasteiger partial charge in [-0.1, -0.05) is 20.8 Å². The number of nitrogens with zero attached hydrogens (tertiary/aromatic N) is 1. The van der Waals surface area contributed by atoms with Crippen LogP contribution in [0.25, 0.3) is 0 Å². The van der Waals surface area contributed by atoms with E-state index in [-0.39, 0.29) is 41.3 Å². The van der Waals surface area contributed by atoms with Crippen LogP contribution < -0.4 is 5.32 Å². The van der Waals surface area contributed by atoms with Gasteiger partial charge in [-0.05, 0) is 49.1 Å². The normalized spacial score (nSPS) is 41.7. The van der Waals surface area contributed by atoms with Crippen LogP contribution in [0.2, 0.25) is 0 Å². The molecule has 140 valence electrons. The Kier molecular flexibility index (Phi) is 4.28. The van der Waals surface area contributed by atoms with Gasteiger partial charge < -0.3 is 10.1 Å². The molecule has 1 saturated heterocycles. The summed E-state index contributed by atoms with van der Waals surface area (Å²) in [7, 11) is 0. The molecule has 3 fully saturated rings. The summed E-state index contributed by atoms with van der Waals surface area (Å²) < 4.78 is 5.86. The Balaban J connectivity index is 1.54. The molecule has 2 saturated carbocycles. The molecule has 2 aliphatic carbocycles. The van der Waals surface area contributed by atoms with Gasteiger partial charge in [0, 0.05) is 35.8 Å². The number of hydrogen-bond donors (Lipinski definition) is 1. The van der Waals surface area contributed by atoms with E-state index in [1.807, 2.05) is 6.92 Å². The van der Waals surface area contributed by atoms with Crippen molar-refractivity contribution in [1.29, 1.82) is 0 Å². The van der Waals surface area contributed by atoms with Crippen molar-refractivity contribution in [2.75, 3.05) is 0 Å². The molecule has 4 rings (SSSR count). The van der Waals surface area contributed by atoms with Gasteiger partial charge in [0.1, 0.15) is 6.10 Å². The number of amides is 1. The molecule has 2 heterocycles. The lowest BCUT2D eigenvalue weighted by Gasteiger charge is -2.54. The molecule has 5 heteroatoms. The summed E-state index contributed by atoms with van der Waals surface area (Å²) in [6.45, 7) is 6.58. The topological polar surface area (TPSA) is 68.3 Å². The number of aromatic nitrogens is 1. The number of ether oxygens (including phenoxy) is 1. The number of carbonyl (C=O) groups is 2. The van der Waals surface area contributed by atoms with E-state index < -0.39 is 0 Å². The predicted octanol–water partition coefficient (Wildman–Crippen LogP) is 3.20. The molecule has 1 amide bonds. The van der Waals surface area contributed by atoms with Crippen molar-refractivity contribution in [2.45, 2.75) is 58.6 Å². The van der Waals surface area contributed by atoms with E-state index >= 15 is 0 Å². The summed E-state index contributed by atoms with van der Waals surface area (Å²) in [5.41, 5.74) is 0.839. The lowest BCUT2D eigenvalue weighted by molar-refractivity contribution is -0.153. The van der Waals surface area contributed by atoms with Crippen LogP contribution in [0.15, 0.2) is 24.5 Å². The van der Waals surface area contributed by atoms with Gasteiger partial charge in [0.25, 0.3) is 5.91 Å². The number of esters is 1. The molecule has 7 atom stereocenters. The van der Waals surface area contributed by atoms with Crippen molar-refractivity contribution in [3.05, 3.63) is 30.1 Å². The molecular formula is C21H28N2O3. The van der Waals surface area contributed by atoms with Gasteiger partial charge in [0.15, 0.2) is 0 Å². The van der Waals surface area contributed by atoms with Gasteiger partial charge in [0.2, 0.25) is 0 Å². The van der Waals surface area contributed by atoms with E-state index in [2.05, 4.69) is 24.1 Å². The quantitative estimate of drug-likeness (QED) is 0.826. The Morgan fingerprint density at radius 3 is 2.65 bits per heavy atom. The first-order valence-electron chi connectivity index (χ1n) is 9.82. The first kappa shape index (κ1) is 17.5. The van der Waals surface area contributed by atoms with E-state index in [0.717, 1.165) is 25.7 Å². The Labute approximate surface area is 154 Å². The minimum Gasteiger partial charge on any atom is -0.462 e. The zero-order valence-electron chi connectivity index (χ0n) is 15.8. The Hall–Kier alpha value is -1.91. The van der Waals surface area contributed by atoms with E-state index in [4.69, 9.17) is 4.74 Å². The van der Waals surface area contributed by atoms with E-state index in [9.17, 15) is 9.59 Å². The largest absolute Gasteiger partial charge is 0.462 e. The molecule has 1 aliphatic heterocycles. The highest BCUT2D eigenvalue weighted by atomic mass is 16.6. The number of hydrogen-bond acceptors (Lipinski definition) is 4. The first-order valence-corrected chi connectivity index (χ1v) is 9.82. The van der Waals surface area contributed by atoms with Crippen LogP contribution in [-0.4, -0.2) is 29.0 Å². The van der Waals surface area contributed by atoms with Crippen LogP contribution in [0.4, 0.5) is 0 Å². The number of fused-ring (bicyclic) bond motifs is 3. The van der Waals surface area contributed by atoms with Crippen molar-refractivity contribution in [1.82, 2.24) is 10.3 Å². The summed E-state index contributed by atoms with van der Waals surface area (Å²) in [6, 6.07) is 3.59. The second-order valence-electron chi connectivity index (χ2n) is 8.79. The van der Waals surface area contributed by atoms with E-state index in [1.54, 1.807) is 24.5 Å². The summed E-state index contributed by atoms with van der Waals surface area (Å²) in [5, 5.41) is 3.23. The van der Waals surface area contributed by atoms with Crippen molar-refractivity contribution in [2.24, 2.45) is 29.1 Å². The lowest BCUT2D eigenvalue weighted by Crippen LogP contribution is -2.57. The highest BCUT2D eigenvalue weighted by molar-refractivity contribution is 5.94. The third-order valence-electron chi connectivity index (χ3n) is 7.38. The third-order valence-corrected chi connectivity index (χ3v) is 7.38. The van der Waals surface area contributed by atoms with Crippen LogP contribution in [0.3, 0.4) is 0 Å². The average Bonchev–Trinajstić information content (AvgIpc) is 2.92. The Morgan fingerprint density at radius 1 is 1.23 bits per heavy atom. The molecule has 1 N–H and O–H groups in total. The van der Waals surface area contributed by atoms with E-state index in [1.165, 1.54) is 0 Å². The number of carbonyl (C=O) groups excluding carboxylic acids is 2. The van der Waals surface area contributed by atoms with Crippen LogP contribution in [0.5, 0.6) is 0 Å². The molecule has 26 heavy (non-hydrogen) atoms. The summed E-state index contributed by atoms with van der Waals surface area (Å²) in [6.07, 6.45) is 7.56. The van der Waals surface area contributed by atoms with Crippen LogP contribution in [-0.2, 0) is 9.53 Å². The molecule has 3 aliphatic rings. The van der Waals surface area contributed by atoms with Gasteiger partial charge in [-0.3, -0.25) is 14.6 Å². The smallest absolute Gasteiger partial charge is 0.309 e. The molecule has 1 aromatic heterocycles. The highest BCUT2D eigenvalue weighted by Crippen LogP contribution is 2.57. The molecule has 0 spiro atoms. The van der Waals surface area contributed by atoms with E-state index in [0.29, 0.717) is 17.4 Å². The standard InChI is InChI=1S/C21H28N2O3/c1-12-15-4-8-21(3)9-5-16(13(2)17(21)18(15)26-20(12)25)23-19(24)14-6-10-22-11-7-14/h6-7,10-13,15-18H,4-5,8-9H2,1-3H3,(H,23,24)/t12-,13-,15-,16+,17-,18+,21+/m1/s1. The number of rotatable bonds is 2. The number of pyridine rings is 1. The maximum absolute atomic E-state index is 12.6. The lowest BCUT2D eigenvalue weighted by atomic mass is 9.52. The van der Waals surface area contributed by atoms with Crippen molar-refractivity contribution >= 4 is 11.9 Å². The van der Waals surface area contributed by atoms with Crippen molar-refractivity contribution in [3.63, 3.8) is 0 Å². The monoisotopic (exact) mass is 356 g/mol. The molecular weight excluding hydrogens is 328 g/mol. The maximum atomic E-state index is 12.6. The Morgan fingerprint density at radius 2 is 1.92 bits per heavy atom. The molecule has 1 aromatic rings. The molecule has 0 bridgehead atoms. The fourth-order valence-electron chi connectivity index (χ4n) is 5.78. The zero-order valence-corrected chi connectivity index (χ0v) is 15.8. The van der Waals surface area contributed by atoms with Gasteiger partial charge in [-0.15, -0.1) is 0 Å². The number of nitrogens with one attached hydrogen (secondary N) is 1. The average molecular weight is 356 g/mol. The minimum atomic E-state index is -0.0444. The molecule has 0 aromatic carbocycles. The van der Waals surface area contributed by atoms with Crippen LogP contribution >= 0.6 is 0 Å². The molecule has 0 radical (unpaired) electrons. The first-order chi connectivity index (χ1) is 12.4. The molecule has 0 unspecified atom stereocenters. The fourth-order valence-corrected chi connectivity index (χ4v) is 5.78. The van der Waals surface area contributed by atoms with Gasteiger partial charge in [-0.25, -0.2) is 0 Å². The molecule has 5 nitrogen and oxygen atoms in total. The predicted molar refractivity (Wildman–Crippen MR) is 97.3 cm³/mol. The minimum absolute atomic E-state index is 0.00327. The second-order valence-corrected chi connectivity index (χ2v) is 8.79. The van der Waals surface area contributed by atoms with Crippen molar-refractivity contribution < 1.29 is 14.3 Å². The SMILES string of the molecule is C[C@H]1[C@@H]2[C@H]3OC(=O)[C@H](C)[C@H]3CC[C@@]2(C)CC[C@@H]1NC(=O)c1ccncc1.